The quantitative estimate of drug-likeness (QED) is 0.471. The summed E-state index contributed by atoms with van der Waals surface area (Å²) in [4.78, 5) is 0. The van der Waals surface area contributed by atoms with Crippen molar-refractivity contribution in [2.24, 2.45) is 11.8 Å². The highest BCUT2D eigenvalue weighted by molar-refractivity contribution is 5.31. The Kier molecular flexibility index (Phi) is 9.21. The molecule has 0 spiro atoms. The Morgan fingerprint density at radius 3 is 2.29 bits per heavy atom. The normalized spacial score (nSPS) is 14.0. The topological polar surface area (TPSA) is 20.2 Å². The lowest BCUT2D eigenvalue weighted by Gasteiger charge is -2.18. The third-order valence-electron chi connectivity index (χ3n) is 4.42. The molecule has 0 radical (unpaired) electrons. The van der Waals surface area contributed by atoms with Crippen LogP contribution in [0.25, 0.3) is 0 Å². The first-order valence-electron chi connectivity index (χ1n) is 8.90. The van der Waals surface area contributed by atoms with Gasteiger partial charge < -0.3 is 5.11 Å². The van der Waals surface area contributed by atoms with Crippen molar-refractivity contribution in [3.8, 4) is 5.75 Å². The maximum absolute atomic E-state index is 9.84. The second-order valence-electron chi connectivity index (χ2n) is 6.84. The highest BCUT2D eigenvalue weighted by Gasteiger charge is 2.11. The average molecular weight is 290 g/mol. The first-order chi connectivity index (χ1) is 10.1. The van der Waals surface area contributed by atoms with Crippen LogP contribution in [0.15, 0.2) is 24.3 Å². The Bertz CT molecular complexity index is 372. The number of phenolic OH excluding ortho intramolecular Hbond substituents is 1. The van der Waals surface area contributed by atoms with E-state index in [1.165, 1.54) is 51.4 Å². The van der Waals surface area contributed by atoms with Gasteiger partial charge in [-0.1, -0.05) is 83.9 Å². The fourth-order valence-electron chi connectivity index (χ4n) is 3.22. The van der Waals surface area contributed by atoms with E-state index in [1.807, 2.05) is 18.2 Å². The number of rotatable bonds is 11. The van der Waals surface area contributed by atoms with Crippen molar-refractivity contribution in [1.82, 2.24) is 0 Å². The van der Waals surface area contributed by atoms with E-state index >= 15 is 0 Å². The summed E-state index contributed by atoms with van der Waals surface area (Å²) in [5, 5.41) is 9.84. The minimum Gasteiger partial charge on any atom is -0.508 e. The minimum absolute atomic E-state index is 0.452. The fraction of sp³-hybridized carbons (Fsp3) is 0.700. The number of hydrogen-bond donors (Lipinski definition) is 1. The van der Waals surface area contributed by atoms with Crippen molar-refractivity contribution >= 4 is 0 Å². The van der Waals surface area contributed by atoms with Crippen LogP contribution in [0.5, 0.6) is 5.75 Å². The molecule has 0 aliphatic carbocycles. The summed E-state index contributed by atoms with van der Waals surface area (Å²) in [6, 6.07) is 7.75. The largest absolute Gasteiger partial charge is 0.508 e. The maximum Gasteiger partial charge on any atom is 0.118 e. The number of para-hydroxylation sites is 1. The summed E-state index contributed by atoms with van der Waals surface area (Å²) in [6.45, 7) is 6.96. The first-order valence-corrected chi connectivity index (χ1v) is 8.90. The van der Waals surface area contributed by atoms with Crippen molar-refractivity contribution in [1.29, 1.82) is 0 Å². The van der Waals surface area contributed by atoms with E-state index in [0.29, 0.717) is 11.7 Å². The van der Waals surface area contributed by atoms with E-state index in [9.17, 15) is 5.11 Å². The van der Waals surface area contributed by atoms with Crippen LogP contribution in [0.4, 0.5) is 0 Å². The van der Waals surface area contributed by atoms with Gasteiger partial charge in [0.25, 0.3) is 0 Å². The lowest BCUT2D eigenvalue weighted by atomic mass is 9.88. The fourth-order valence-corrected chi connectivity index (χ4v) is 3.22. The van der Waals surface area contributed by atoms with Crippen LogP contribution < -0.4 is 0 Å². The van der Waals surface area contributed by atoms with Crippen LogP contribution in [0.2, 0.25) is 0 Å². The molecule has 0 amide bonds. The van der Waals surface area contributed by atoms with Gasteiger partial charge in [-0.05, 0) is 36.3 Å². The number of benzene rings is 1. The van der Waals surface area contributed by atoms with Gasteiger partial charge in [0.2, 0.25) is 0 Å². The van der Waals surface area contributed by atoms with Crippen molar-refractivity contribution < 1.29 is 5.11 Å². The predicted molar refractivity (Wildman–Crippen MR) is 92.7 cm³/mol. The minimum atomic E-state index is 0.452. The Morgan fingerprint density at radius 1 is 0.905 bits per heavy atom. The Labute approximate surface area is 131 Å². The monoisotopic (exact) mass is 290 g/mol. The Balaban J connectivity index is 2.16. The van der Waals surface area contributed by atoms with Gasteiger partial charge in [0, 0.05) is 0 Å². The van der Waals surface area contributed by atoms with Gasteiger partial charge >= 0.3 is 0 Å². The molecule has 2 unspecified atom stereocenters. The number of unbranched alkanes of at least 4 members (excludes halogenated alkanes) is 5. The molecule has 2 atom stereocenters. The molecule has 0 aliphatic heterocycles. The zero-order valence-electron chi connectivity index (χ0n) is 14.3. The lowest BCUT2D eigenvalue weighted by molar-refractivity contribution is 0.374. The van der Waals surface area contributed by atoms with Crippen LogP contribution in [0, 0.1) is 11.8 Å². The average Bonchev–Trinajstić information content (AvgIpc) is 2.45. The lowest BCUT2D eigenvalue weighted by Crippen LogP contribution is -2.06. The highest BCUT2D eigenvalue weighted by atomic mass is 16.3. The number of hydrogen-bond acceptors (Lipinski definition) is 1. The summed E-state index contributed by atoms with van der Waals surface area (Å²) in [5.74, 6) is 1.90. The third kappa shape index (κ3) is 8.14. The van der Waals surface area contributed by atoms with Crippen LogP contribution in [-0.4, -0.2) is 5.11 Å². The van der Waals surface area contributed by atoms with Gasteiger partial charge in [0.05, 0.1) is 0 Å². The summed E-state index contributed by atoms with van der Waals surface area (Å²) in [5.41, 5.74) is 1.09. The van der Waals surface area contributed by atoms with Gasteiger partial charge in [0.1, 0.15) is 5.75 Å². The van der Waals surface area contributed by atoms with Crippen molar-refractivity contribution in [2.45, 2.75) is 78.6 Å². The molecule has 1 rings (SSSR count). The molecule has 0 aliphatic rings. The van der Waals surface area contributed by atoms with Gasteiger partial charge in [-0.15, -0.1) is 0 Å². The zero-order valence-corrected chi connectivity index (χ0v) is 14.3. The molecule has 0 fully saturated rings. The molecule has 0 aromatic heterocycles. The predicted octanol–water partition coefficient (Wildman–Crippen LogP) is 6.35. The molecule has 0 heterocycles. The van der Waals surface area contributed by atoms with Crippen LogP contribution in [0.1, 0.15) is 77.7 Å². The number of phenols is 1. The summed E-state index contributed by atoms with van der Waals surface area (Å²) in [6.07, 6.45) is 12.0. The van der Waals surface area contributed by atoms with Crippen LogP contribution in [0.3, 0.4) is 0 Å². The van der Waals surface area contributed by atoms with Gasteiger partial charge in [0.15, 0.2) is 0 Å². The molecule has 0 saturated carbocycles. The van der Waals surface area contributed by atoms with Gasteiger partial charge in [-0.25, -0.2) is 0 Å². The van der Waals surface area contributed by atoms with E-state index in [0.717, 1.165) is 17.9 Å². The van der Waals surface area contributed by atoms with E-state index in [-0.39, 0.29) is 0 Å². The van der Waals surface area contributed by atoms with Gasteiger partial charge in [-0.2, -0.15) is 0 Å². The molecule has 1 nitrogen and oxygen atoms in total. The van der Waals surface area contributed by atoms with Crippen molar-refractivity contribution in [3.63, 3.8) is 0 Å². The number of aromatic hydroxyl groups is 1. The molecule has 0 bridgehead atoms. The summed E-state index contributed by atoms with van der Waals surface area (Å²) in [7, 11) is 0. The molecular formula is C20H34O. The second-order valence-corrected chi connectivity index (χ2v) is 6.84. The molecule has 0 saturated heterocycles. The Morgan fingerprint density at radius 2 is 1.57 bits per heavy atom. The third-order valence-corrected chi connectivity index (χ3v) is 4.42. The van der Waals surface area contributed by atoms with Crippen molar-refractivity contribution in [2.75, 3.05) is 0 Å². The maximum atomic E-state index is 9.84. The van der Waals surface area contributed by atoms with Crippen molar-refractivity contribution in [3.05, 3.63) is 29.8 Å². The molecule has 120 valence electrons. The Hall–Kier alpha value is -0.980. The zero-order chi connectivity index (χ0) is 15.5. The molecule has 1 heteroatoms. The summed E-state index contributed by atoms with van der Waals surface area (Å²) < 4.78 is 0. The molecule has 1 N–H and O–H groups in total. The second kappa shape index (κ2) is 10.7. The van der Waals surface area contributed by atoms with E-state index in [1.54, 1.807) is 6.07 Å². The summed E-state index contributed by atoms with van der Waals surface area (Å²) >= 11 is 0. The van der Waals surface area contributed by atoms with Crippen LogP contribution >= 0.6 is 0 Å². The first kappa shape index (κ1) is 18.1. The molecule has 1 aromatic rings. The van der Waals surface area contributed by atoms with E-state index < -0.39 is 0 Å². The molecule has 1 aromatic carbocycles. The SMILES string of the molecule is CCCCCCCCC(C)CC(C)Cc1ccccc1O. The molecule has 21 heavy (non-hydrogen) atoms. The van der Waals surface area contributed by atoms with E-state index in [2.05, 4.69) is 20.8 Å². The smallest absolute Gasteiger partial charge is 0.118 e. The standard InChI is InChI=1S/C20H34O/c1-4-5-6-7-8-9-12-17(2)15-18(3)16-19-13-10-11-14-20(19)21/h10-11,13-14,17-18,21H,4-9,12,15-16H2,1-3H3. The van der Waals surface area contributed by atoms with Gasteiger partial charge in [-0.3, -0.25) is 0 Å². The molecular weight excluding hydrogens is 256 g/mol. The van der Waals surface area contributed by atoms with E-state index in [4.69, 9.17) is 0 Å². The van der Waals surface area contributed by atoms with Crippen LogP contribution in [-0.2, 0) is 6.42 Å². The highest BCUT2D eigenvalue weighted by Crippen LogP contribution is 2.25.